The lowest BCUT2D eigenvalue weighted by Gasteiger charge is -2.17. The largest absolute Gasteiger partial charge is 0.493 e. The van der Waals surface area contributed by atoms with Crippen molar-refractivity contribution in [1.82, 2.24) is 5.43 Å². The average Bonchev–Trinajstić information content (AvgIpc) is 3.25. The molecule has 2 amide bonds. The van der Waals surface area contributed by atoms with Crippen LogP contribution in [0, 0.1) is 12.8 Å². The van der Waals surface area contributed by atoms with E-state index in [1.165, 1.54) is 7.11 Å². The molecule has 0 bridgehead atoms. The molecule has 1 aliphatic heterocycles. The number of anilines is 2. The summed E-state index contributed by atoms with van der Waals surface area (Å²) in [5.74, 6) is 0.245. The van der Waals surface area contributed by atoms with Gasteiger partial charge in [0.2, 0.25) is 11.8 Å². The standard InChI is InChI=1S/C26H25Cl2N3O4/c1-16-3-7-20(8-4-16)31-14-18(12-25(31)32)26(33)30-29-19-6-10-23(24(13-19)34-2)35-15-17-5-9-21(27)22(28)11-17/h3-11,13,18,29H,12,14-15H2,1-2H3,(H,30,33)/t18-/m1/s1. The highest BCUT2D eigenvalue weighted by atomic mass is 35.5. The number of carbonyl (C=O) groups is 2. The van der Waals surface area contributed by atoms with Crippen LogP contribution in [0.1, 0.15) is 17.5 Å². The van der Waals surface area contributed by atoms with Crippen molar-refractivity contribution in [3.8, 4) is 11.5 Å². The lowest BCUT2D eigenvalue weighted by atomic mass is 10.1. The van der Waals surface area contributed by atoms with Gasteiger partial charge < -0.3 is 14.4 Å². The summed E-state index contributed by atoms with van der Waals surface area (Å²) in [6, 6.07) is 18.2. The first-order valence-electron chi connectivity index (χ1n) is 11.0. The molecule has 0 aromatic heterocycles. The second-order valence-corrected chi connectivity index (χ2v) is 9.07. The number of hydrazine groups is 1. The van der Waals surface area contributed by atoms with Crippen molar-refractivity contribution in [3.05, 3.63) is 81.8 Å². The highest BCUT2D eigenvalue weighted by Gasteiger charge is 2.35. The van der Waals surface area contributed by atoms with E-state index in [0.717, 1.165) is 16.8 Å². The summed E-state index contributed by atoms with van der Waals surface area (Å²) >= 11 is 12.0. The number of nitrogens with one attached hydrogen (secondary N) is 2. The van der Waals surface area contributed by atoms with Gasteiger partial charge in [-0.2, -0.15) is 0 Å². The molecule has 7 nitrogen and oxygen atoms in total. The Hall–Kier alpha value is -3.42. The summed E-state index contributed by atoms with van der Waals surface area (Å²) in [4.78, 5) is 26.8. The molecule has 4 rings (SSSR count). The van der Waals surface area contributed by atoms with Gasteiger partial charge in [-0.05, 0) is 48.9 Å². The zero-order valence-electron chi connectivity index (χ0n) is 19.3. The van der Waals surface area contributed by atoms with Gasteiger partial charge in [0.05, 0.1) is 28.8 Å². The number of rotatable bonds is 8. The Morgan fingerprint density at radius 1 is 1.03 bits per heavy atom. The number of nitrogens with zero attached hydrogens (tertiary/aromatic N) is 1. The molecule has 1 fully saturated rings. The number of halogens is 2. The molecule has 1 aliphatic rings. The number of hydrogen-bond donors (Lipinski definition) is 2. The van der Waals surface area contributed by atoms with Crippen LogP contribution >= 0.6 is 23.2 Å². The van der Waals surface area contributed by atoms with Gasteiger partial charge in [-0.1, -0.05) is 47.0 Å². The topological polar surface area (TPSA) is 79.9 Å². The molecular formula is C26H25Cl2N3O4. The highest BCUT2D eigenvalue weighted by molar-refractivity contribution is 6.42. The molecule has 0 radical (unpaired) electrons. The Morgan fingerprint density at radius 3 is 2.51 bits per heavy atom. The molecule has 3 aromatic carbocycles. The smallest absolute Gasteiger partial charge is 0.243 e. The Kier molecular flexibility index (Phi) is 7.68. The molecule has 0 saturated carbocycles. The number of hydrogen-bond acceptors (Lipinski definition) is 5. The van der Waals surface area contributed by atoms with Crippen LogP contribution in [-0.2, 0) is 16.2 Å². The molecule has 0 spiro atoms. The molecule has 9 heteroatoms. The number of ether oxygens (including phenoxy) is 2. The lowest BCUT2D eigenvalue weighted by Crippen LogP contribution is -2.36. The van der Waals surface area contributed by atoms with Crippen LogP contribution in [0.15, 0.2) is 60.7 Å². The van der Waals surface area contributed by atoms with Crippen molar-refractivity contribution in [1.29, 1.82) is 0 Å². The van der Waals surface area contributed by atoms with E-state index in [1.54, 1.807) is 35.2 Å². The Balaban J connectivity index is 1.33. The first-order valence-corrected chi connectivity index (χ1v) is 11.8. The fourth-order valence-corrected chi connectivity index (χ4v) is 4.07. The maximum Gasteiger partial charge on any atom is 0.243 e. The van der Waals surface area contributed by atoms with Gasteiger partial charge in [-0.3, -0.25) is 20.4 Å². The fraction of sp³-hybridized carbons (Fsp3) is 0.231. The van der Waals surface area contributed by atoms with Crippen LogP contribution in [0.4, 0.5) is 11.4 Å². The summed E-state index contributed by atoms with van der Waals surface area (Å²) in [5.41, 5.74) is 8.96. The number of benzene rings is 3. The SMILES string of the molecule is COc1cc(NNC(=O)[C@@H]2CC(=O)N(c3ccc(C)cc3)C2)ccc1OCc1ccc(Cl)c(Cl)c1. The fourth-order valence-electron chi connectivity index (χ4n) is 3.75. The molecule has 0 unspecified atom stereocenters. The van der Waals surface area contributed by atoms with Gasteiger partial charge in [-0.15, -0.1) is 0 Å². The zero-order valence-corrected chi connectivity index (χ0v) is 20.8. The molecule has 35 heavy (non-hydrogen) atoms. The summed E-state index contributed by atoms with van der Waals surface area (Å²) in [6.45, 7) is 2.60. The monoisotopic (exact) mass is 513 g/mol. The summed E-state index contributed by atoms with van der Waals surface area (Å²) < 4.78 is 11.3. The molecule has 1 atom stereocenters. The van der Waals surface area contributed by atoms with Gasteiger partial charge in [-0.25, -0.2) is 0 Å². The van der Waals surface area contributed by atoms with Crippen molar-refractivity contribution in [3.63, 3.8) is 0 Å². The van der Waals surface area contributed by atoms with Crippen LogP contribution in [0.5, 0.6) is 11.5 Å². The van der Waals surface area contributed by atoms with Crippen molar-refractivity contribution in [2.75, 3.05) is 24.0 Å². The van der Waals surface area contributed by atoms with Crippen LogP contribution in [-0.4, -0.2) is 25.5 Å². The van der Waals surface area contributed by atoms with Crippen LogP contribution in [0.25, 0.3) is 0 Å². The van der Waals surface area contributed by atoms with Crippen LogP contribution in [0.3, 0.4) is 0 Å². The minimum absolute atomic E-state index is 0.0702. The second-order valence-electron chi connectivity index (χ2n) is 8.26. The minimum Gasteiger partial charge on any atom is -0.493 e. The predicted molar refractivity (Wildman–Crippen MR) is 137 cm³/mol. The number of aryl methyl sites for hydroxylation is 1. The number of methoxy groups -OCH3 is 1. The van der Waals surface area contributed by atoms with Crippen LogP contribution < -0.4 is 25.2 Å². The maximum absolute atomic E-state index is 12.7. The summed E-state index contributed by atoms with van der Waals surface area (Å²) in [7, 11) is 1.54. The third kappa shape index (κ3) is 5.99. The molecule has 0 aliphatic carbocycles. The second kappa shape index (κ2) is 10.9. The third-order valence-electron chi connectivity index (χ3n) is 5.71. The lowest BCUT2D eigenvalue weighted by molar-refractivity contribution is -0.125. The first-order chi connectivity index (χ1) is 16.8. The summed E-state index contributed by atoms with van der Waals surface area (Å²) in [6.07, 6.45) is 0.159. The number of amides is 2. The molecule has 1 saturated heterocycles. The highest BCUT2D eigenvalue weighted by Crippen LogP contribution is 2.31. The molecule has 3 aromatic rings. The van der Waals surface area contributed by atoms with E-state index in [-0.39, 0.29) is 24.8 Å². The van der Waals surface area contributed by atoms with E-state index >= 15 is 0 Å². The molecular weight excluding hydrogens is 489 g/mol. The van der Waals surface area contributed by atoms with E-state index in [2.05, 4.69) is 10.9 Å². The van der Waals surface area contributed by atoms with Gasteiger partial charge in [0.25, 0.3) is 0 Å². The van der Waals surface area contributed by atoms with E-state index < -0.39 is 5.92 Å². The maximum atomic E-state index is 12.7. The quantitative estimate of drug-likeness (QED) is 0.395. The van der Waals surface area contributed by atoms with E-state index in [9.17, 15) is 9.59 Å². The zero-order chi connectivity index (χ0) is 24.9. The van der Waals surface area contributed by atoms with Gasteiger partial charge in [0, 0.05) is 24.7 Å². The van der Waals surface area contributed by atoms with Gasteiger partial charge >= 0.3 is 0 Å². The van der Waals surface area contributed by atoms with Gasteiger partial charge in [0.1, 0.15) is 6.61 Å². The van der Waals surface area contributed by atoms with Crippen LogP contribution in [0.2, 0.25) is 10.0 Å². The Labute approximate surface area is 213 Å². The molecule has 182 valence electrons. The van der Waals surface area contributed by atoms with Gasteiger partial charge in [0.15, 0.2) is 11.5 Å². The Morgan fingerprint density at radius 2 is 1.80 bits per heavy atom. The Bertz CT molecular complexity index is 1230. The molecule has 2 N–H and O–H groups in total. The van der Waals surface area contributed by atoms with Crippen molar-refractivity contribution in [2.45, 2.75) is 20.0 Å². The average molecular weight is 514 g/mol. The van der Waals surface area contributed by atoms with Crippen molar-refractivity contribution in [2.24, 2.45) is 5.92 Å². The van der Waals surface area contributed by atoms with Crippen molar-refractivity contribution >= 4 is 46.4 Å². The third-order valence-corrected chi connectivity index (χ3v) is 6.45. The van der Waals surface area contributed by atoms with E-state index in [4.69, 9.17) is 32.7 Å². The molecule has 1 heterocycles. The first kappa shape index (κ1) is 24.7. The summed E-state index contributed by atoms with van der Waals surface area (Å²) in [5, 5.41) is 0.941. The normalized spacial score (nSPS) is 15.1. The minimum atomic E-state index is -0.452. The van der Waals surface area contributed by atoms with E-state index in [1.807, 2.05) is 37.3 Å². The predicted octanol–water partition coefficient (Wildman–Crippen LogP) is 5.39. The van der Waals surface area contributed by atoms with E-state index in [0.29, 0.717) is 33.8 Å². The number of carbonyl (C=O) groups excluding carboxylic acids is 2. The van der Waals surface area contributed by atoms with Crippen molar-refractivity contribution < 1.29 is 19.1 Å².